The Morgan fingerprint density at radius 1 is 1.39 bits per heavy atom. The van der Waals surface area contributed by atoms with Crippen LogP contribution in [0.25, 0.3) is 0 Å². The molecule has 2 amide bonds. The molecule has 1 fully saturated rings. The van der Waals surface area contributed by atoms with Gasteiger partial charge in [0.25, 0.3) is 0 Å². The Hall–Kier alpha value is -1.10. The zero-order valence-corrected chi connectivity index (χ0v) is 11.6. The van der Waals surface area contributed by atoms with Gasteiger partial charge < -0.3 is 16.0 Å². The van der Waals surface area contributed by atoms with Gasteiger partial charge in [-0.05, 0) is 26.7 Å². The standard InChI is InChI=1S/C13H25N3O2/c1-4-16(10(3)17)12-8-6-5-7-11(12)15-13(18)9(2)14/h9,11-12H,4-8,14H2,1-3H3,(H,15,18)/t9-,11?,12?/m0/s1. The number of likely N-dealkylation sites (N-methyl/N-ethyl adjacent to an activating group) is 1. The topological polar surface area (TPSA) is 75.4 Å². The van der Waals surface area contributed by atoms with Gasteiger partial charge in [-0.2, -0.15) is 0 Å². The monoisotopic (exact) mass is 255 g/mol. The molecule has 0 bridgehead atoms. The lowest BCUT2D eigenvalue weighted by molar-refractivity contribution is -0.133. The number of carbonyl (C=O) groups excluding carboxylic acids is 2. The van der Waals surface area contributed by atoms with Crippen molar-refractivity contribution in [2.75, 3.05) is 6.54 Å². The molecule has 1 saturated carbocycles. The van der Waals surface area contributed by atoms with Crippen molar-refractivity contribution in [2.24, 2.45) is 5.73 Å². The van der Waals surface area contributed by atoms with Gasteiger partial charge in [0.05, 0.1) is 12.1 Å². The van der Waals surface area contributed by atoms with Crippen molar-refractivity contribution >= 4 is 11.8 Å². The van der Waals surface area contributed by atoms with E-state index in [1.54, 1.807) is 13.8 Å². The zero-order valence-electron chi connectivity index (χ0n) is 11.6. The molecule has 0 aromatic rings. The average Bonchev–Trinajstić information content (AvgIpc) is 2.31. The van der Waals surface area contributed by atoms with Gasteiger partial charge in [-0.15, -0.1) is 0 Å². The lowest BCUT2D eigenvalue weighted by Crippen LogP contribution is -2.56. The summed E-state index contributed by atoms with van der Waals surface area (Å²) in [5, 5.41) is 2.98. The summed E-state index contributed by atoms with van der Waals surface area (Å²) in [6.07, 6.45) is 4.08. The number of rotatable bonds is 4. The lowest BCUT2D eigenvalue weighted by Gasteiger charge is -2.39. The van der Waals surface area contributed by atoms with Crippen molar-refractivity contribution in [3.05, 3.63) is 0 Å². The third-order valence-electron chi connectivity index (χ3n) is 3.62. The number of carbonyl (C=O) groups is 2. The maximum atomic E-state index is 11.7. The fourth-order valence-electron chi connectivity index (χ4n) is 2.66. The molecule has 0 heterocycles. The van der Waals surface area contributed by atoms with E-state index >= 15 is 0 Å². The van der Waals surface area contributed by atoms with Gasteiger partial charge in [-0.25, -0.2) is 0 Å². The molecule has 1 aliphatic rings. The van der Waals surface area contributed by atoms with Crippen LogP contribution in [0.3, 0.4) is 0 Å². The highest BCUT2D eigenvalue weighted by Crippen LogP contribution is 2.23. The summed E-state index contributed by atoms with van der Waals surface area (Å²) in [7, 11) is 0. The van der Waals surface area contributed by atoms with E-state index in [0.29, 0.717) is 6.54 Å². The van der Waals surface area contributed by atoms with Crippen LogP contribution in [0.15, 0.2) is 0 Å². The van der Waals surface area contributed by atoms with Gasteiger partial charge >= 0.3 is 0 Å². The molecule has 3 N–H and O–H groups in total. The molecular formula is C13H25N3O2. The Bertz CT molecular complexity index is 305. The molecule has 0 aromatic heterocycles. The van der Waals surface area contributed by atoms with Crippen molar-refractivity contribution in [1.29, 1.82) is 0 Å². The second-order valence-electron chi connectivity index (χ2n) is 5.06. The summed E-state index contributed by atoms with van der Waals surface area (Å²) >= 11 is 0. The van der Waals surface area contributed by atoms with E-state index in [0.717, 1.165) is 25.7 Å². The number of hydrogen-bond donors (Lipinski definition) is 2. The molecular weight excluding hydrogens is 230 g/mol. The smallest absolute Gasteiger partial charge is 0.236 e. The van der Waals surface area contributed by atoms with Crippen molar-refractivity contribution in [2.45, 2.75) is 64.6 Å². The summed E-state index contributed by atoms with van der Waals surface area (Å²) in [6.45, 7) is 5.92. The van der Waals surface area contributed by atoms with E-state index < -0.39 is 6.04 Å². The first-order chi connectivity index (χ1) is 8.47. The van der Waals surface area contributed by atoms with Gasteiger partial charge in [0.2, 0.25) is 11.8 Å². The Kier molecular flexibility index (Phi) is 5.59. The van der Waals surface area contributed by atoms with Crippen LogP contribution in [-0.4, -0.2) is 41.4 Å². The van der Waals surface area contributed by atoms with Gasteiger partial charge in [0, 0.05) is 19.5 Å². The first-order valence-corrected chi connectivity index (χ1v) is 6.80. The molecule has 3 atom stereocenters. The van der Waals surface area contributed by atoms with Crippen LogP contribution in [0.1, 0.15) is 46.5 Å². The van der Waals surface area contributed by atoms with Crippen LogP contribution in [-0.2, 0) is 9.59 Å². The largest absolute Gasteiger partial charge is 0.350 e. The summed E-state index contributed by atoms with van der Waals surface area (Å²) in [6, 6.07) is -0.343. The first-order valence-electron chi connectivity index (χ1n) is 6.80. The minimum atomic E-state index is -0.500. The lowest BCUT2D eigenvalue weighted by atomic mass is 9.88. The van der Waals surface area contributed by atoms with E-state index in [-0.39, 0.29) is 23.9 Å². The number of nitrogens with two attached hydrogens (primary N) is 1. The first kappa shape index (κ1) is 15.0. The van der Waals surface area contributed by atoms with Crippen LogP contribution < -0.4 is 11.1 Å². The Morgan fingerprint density at radius 2 is 2.00 bits per heavy atom. The summed E-state index contributed by atoms with van der Waals surface area (Å²) in [5.41, 5.74) is 5.57. The van der Waals surface area contributed by atoms with Crippen molar-refractivity contribution in [1.82, 2.24) is 10.2 Å². The van der Waals surface area contributed by atoms with E-state index in [2.05, 4.69) is 5.32 Å². The van der Waals surface area contributed by atoms with Crippen LogP contribution in [0, 0.1) is 0 Å². The van der Waals surface area contributed by atoms with Crippen molar-refractivity contribution in [3.63, 3.8) is 0 Å². The highest BCUT2D eigenvalue weighted by Gasteiger charge is 2.32. The van der Waals surface area contributed by atoms with Gasteiger partial charge in [0.1, 0.15) is 0 Å². The Labute approximate surface area is 109 Å². The molecule has 2 unspecified atom stereocenters. The zero-order chi connectivity index (χ0) is 13.7. The molecule has 0 saturated heterocycles. The van der Waals surface area contributed by atoms with E-state index in [4.69, 9.17) is 5.73 Å². The number of nitrogens with one attached hydrogen (secondary N) is 1. The van der Waals surface area contributed by atoms with Gasteiger partial charge in [0.15, 0.2) is 0 Å². The molecule has 0 aliphatic heterocycles. The minimum Gasteiger partial charge on any atom is -0.350 e. The quantitative estimate of drug-likeness (QED) is 0.773. The van der Waals surface area contributed by atoms with Crippen LogP contribution >= 0.6 is 0 Å². The fraction of sp³-hybridized carbons (Fsp3) is 0.846. The van der Waals surface area contributed by atoms with Crippen molar-refractivity contribution in [3.8, 4) is 0 Å². The normalized spacial score (nSPS) is 25.3. The summed E-state index contributed by atoms with van der Waals surface area (Å²) in [5.74, 6) is -0.0593. The van der Waals surface area contributed by atoms with Crippen LogP contribution in [0.4, 0.5) is 0 Å². The molecule has 104 valence electrons. The third kappa shape index (κ3) is 3.70. The predicted octanol–water partition coefficient (Wildman–Crippen LogP) is 0.629. The summed E-state index contributed by atoms with van der Waals surface area (Å²) in [4.78, 5) is 25.2. The predicted molar refractivity (Wildman–Crippen MR) is 70.9 cm³/mol. The molecule has 1 aliphatic carbocycles. The molecule has 18 heavy (non-hydrogen) atoms. The fourth-order valence-corrected chi connectivity index (χ4v) is 2.66. The second kappa shape index (κ2) is 6.73. The van der Waals surface area contributed by atoms with E-state index in [9.17, 15) is 9.59 Å². The molecule has 0 aromatic carbocycles. The second-order valence-corrected chi connectivity index (χ2v) is 5.06. The van der Waals surface area contributed by atoms with E-state index in [1.807, 2.05) is 11.8 Å². The molecule has 5 heteroatoms. The maximum absolute atomic E-state index is 11.7. The van der Waals surface area contributed by atoms with E-state index in [1.165, 1.54) is 0 Å². The average molecular weight is 255 g/mol. The maximum Gasteiger partial charge on any atom is 0.236 e. The van der Waals surface area contributed by atoms with Crippen molar-refractivity contribution < 1.29 is 9.59 Å². The summed E-state index contributed by atoms with van der Waals surface area (Å²) < 4.78 is 0. The Morgan fingerprint density at radius 3 is 2.50 bits per heavy atom. The molecule has 0 spiro atoms. The highest BCUT2D eigenvalue weighted by atomic mass is 16.2. The van der Waals surface area contributed by atoms with Gasteiger partial charge in [-0.1, -0.05) is 12.8 Å². The molecule has 0 radical (unpaired) electrons. The van der Waals surface area contributed by atoms with Crippen LogP contribution in [0.5, 0.6) is 0 Å². The highest BCUT2D eigenvalue weighted by molar-refractivity contribution is 5.81. The molecule has 5 nitrogen and oxygen atoms in total. The number of nitrogens with zero attached hydrogens (tertiary/aromatic N) is 1. The van der Waals surface area contributed by atoms with Crippen LogP contribution in [0.2, 0.25) is 0 Å². The SMILES string of the molecule is CCN(C(C)=O)C1CCCCC1NC(=O)[C@H](C)N. The number of amides is 2. The minimum absolute atomic E-state index is 0.0427. The Balaban J connectivity index is 2.73. The van der Waals surface area contributed by atoms with Gasteiger partial charge in [-0.3, -0.25) is 9.59 Å². The third-order valence-corrected chi connectivity index (χ3v) is 3.62. The number of hydrogen-bond acceptors (Lipinski definition) is 3. The molecule has 1 rings (SSSR count).